The Hall–Kier alpha value is 0.177. The Labute approximate surface area is 170 Å². The summed E-state index contributed by atoms with van der Waals surface area (Å²) in [6, 6.07) is 3.60. The van der Waals surface area contributed by atoms with Crippen LogP contribution >= 0.6 is 0 Å². The van der Waals surface area contributed by atoms with Crippen molar-refractivity contribution in [3.05, 3.63) is 0 Å². The highest BCUT2D eigenvalue weighted by Crippen LogP contribution is 2.62. The standard InChI is InChI=1S/C25H45NSi/c1-17-13-14-23-21(15-17)24-22(16-27(3,4)18-9-5-6-10-18)19-11-7-8-12-20(19)25(24)26(23)2/h17-25H,5-16H2,1-4H3. The zero-order valence-corrected chi connectivity index (χ0v) is 19.6. The van der Waals surface area contributed by atoms with Crippen LogP contribution in [0, 0.1) is 35.5 Å². The van der Waals surface area contributed by atoms with Crippen molar-refractivity contribution in [3.63, 3.8) is 0 Å². The van der Waals surface area contributed by atoms with Crippen molar-refractivity contribution in [1.82, 2.24) is 4.90 Å². The van der Waals surface area contributed by atoms with Crippen LogP contribution in [0.1, 0.15) is 77.6 Å². The normalized spacial score (nSPS) is 48.4. The Kier molecular flexibility index (Phi) is 5.07. The van der Waals surface area contributed by atoms with Gasteiger partial charge in [0.1, 0.15) is 0 Å². The SMILES string of the molecule is CC1CCC2C(C1)C1C(C[Si](C)(C)C3CCCC3)C3CCCCC3C1N2C. The molecule has 0 aromatic rings. The molecule has 5 aliphatic rings. The molecular formula is C25H45NSi. The van der Waals surface area contributed by atoms with E-state index in [1.165, 1.54) is 38.5 Å². The Morgan fingerprint density at radius 1 is 0.815 bits per heavy atom. The lowest BCUT2D eigenvalue weighted by molar-refractivity contribution is 0.0966. The Morgan fingerprint density at radius 3 is 2.22 bits per heavy atom. The average molecular weight is 388 g/mol. The first-order valence-corrected chi connectivity index (χ1v) is 16.0. The first-order chi connectivity index (χ1) is 13.0. The minimum absolute atomic E-state index is 0.942. The Balaban J connectivity index is 1.45. The summed E-state index contributed by atoms with van der Waals surface area (Å²) < 4.78 is 0. The number of hydrogen-bond donors (Lipinski definition) is 0. The van der Waals surface area contributed by atoms with Crippen LogP contribution in [0.3, 0.4) is 0 Å². The van der Waals surface area contributed by atoms with Gasteiger partial charge in [-0.25, -0.2) is 0 Å². The largest absolute Gasteiger partial charge is 0.300 e. The van der Waals surface area contributed by atoms with Crippen molar-refractivity contribution < 1.29 is 0 Å². The predicted octanol–water partition coefficient (Wildman–Crippen LogP) is 6.81. The molecular weight excluding hydrogens is 342 g/mol. The molecule has 0 bridgehead atoms. The summed E-state index contributed by atoms with van der Waals surface area (Å²) in [4.78, 5) is 2.97. The topological polar surface area (TPSA) is 3.24 Å². The average Bonchev–Trinajstić information content (AvgIpc) is 3.34. The van der Waals surface area contributed by atoms with Crippen LogP contribution in [0.25, 0.3) is 0 Å². The summed E-state index contributed by atoms with van der Waals surface area (Å²) in [7, 11) is 1.46. The molecule has 0 spiro atoms. The van der Waals surface area contributed by atoms with Gasteiger partial charge in [-0.15, -0.1) is 0 Å². The van der Waals surface area contributed by atoms with Gasteiger partial charge in [-0.1, -0.05) is 64.6 Å². The zero-order valence-electron chi connectivity index (χ0n) is 18.6. The quantitative estimate of drug-likeness (QED) is 0.481. The minimum Gasteiger partial charge on any atom is -0.300 e. The summed E-state index contributed by atoms with van der Waals surface area (Å²) in [5, 5.41) is 0. The maximum atomic E-state index is 2.97. The number of likely N-dealkylation sites (tertiary alicyclic amines) is 1. The van der Waals surface area contributed by atoms with Gasteiger partial charge in [0.15, 0.2) is 0 Å². The molecule has 0 aromatic carbocycles. The molecule has 2 heteroatoms. The minimum atomic E-state index is -1.09. The maximum Gasteiger partial charge on any atom is 0.0507 e. The third-order valence-electron chi connectivity index (χ3n) is 10.6. The monoisotopic (exact) mass is 387 g/mol. The third-order valence-corrected chi connectivity index (χ3v) is 14.9. The number of nitrogens with zero attached hydrogens (tertiary/aromatic N) is 1. The summed E-state index contributed by atoms with van der Waals surface area (Å²) in [5.41, 5.74) is 1.15. The first kappa shape index (κ1) is 19.2. The highest BCUT2D eigenvalue weighted by atomic mass is 28.3. The van der Waals surface area contributed by atoms with Gasteiger partial charge in [-0.05, 0) is 80.2 Å². The highest BCUT2D eigenvalue weighted by molar-refractivity contribution is 6.78. The lowest BCUT2D eigenvalue weighted by Gasteiger charge is -2.42. The van der Waals surface area contributed by atoms with Crippen molar-refractivity contribution >= 4 is 8.07 Å². The second-order valence-corrected chi connectivity index (χ2v) is 17.5. The van der Waals surface area contributed by atoms with E-state index in [4.69, 9.17) is 0 Å². The van der Waals surface area contributed by atoms with Crippen LogP contribution in [0.15, 0.2) is 0 Å². The van der Waals surface area contributed by atoms with E-state index < -0.39 is 8.07 Å². The Bertz CT molecular complexity index is 538. The van der Waals surface area contributed by atoms with Gasteiger partial charge < -0.3 is 0 Å². The summed E-state index contributed by atoms with van der Waals surface area (Å²) in [6.07, 6.45) is 17.0. The summed E-state index contributed by atoms with van der Waals surface area (Å²) in [5.74, 6) is 6.37. The lowest BCUT2D eigenvalue weighted by Crippen LogP contribution is -2.42. The molecule has 8 unspecified atom stereocenters. The van der Waals surface area contributed by atoms with Crippen molar-refractivity contribution in [2.24, 2.45) is 35.5 Å². The van der Waals surface area contributed by atoms with E-state index >= 15 is 0 Å². The summed E-state index contributed by atoms with van der Waals surface area (Å²) >= 11 is 0. The lowest BCUT2D eigenvalue weighted by atomic mass is 9.70. The molecule has 1 heterocycles. The third kappa shape index (κ3) is 3.11. The van der Waals surface area contributed by atoms with Gasteiger partial charge in [0.25, 0.3) is 0 Å². The zero-order chi connectivity index (χ0) is 18.8. The Morgan fingerprint density at radius 2 is 1.48 bits per heavy atom. The van der Waals surface area contributed by atoms with Gasteiger partial charge in [-0.3, -0.25) is 4.90 Å². The molecule has 5 fully saturated rings. The van der Waals surface area contributed by atoms with Crippen LogP contribution in [0.2, 0.25) is 24.7 Å². The van der Waals surface area contributed by atoms with E-state index in [1.807, 2.05) is 0 Å². The maximum absolute atomic E-state index is 2.97. The molecule has 4 saturated carbocycles. The first-order valence-electron chi connectivity index (χ1n) is 12.7. The smallest absolute Gasteiger partial charge is 0.0507 e. The molecule has 1 nitrogen and oxygen atoms in total. The van der Waals surface area contributed by atoms with E-state index in [0.717, 1.165) is 53.1 Å². The fourth-order valence-corrected chi connectivity index (χ4v) is 13.5. The van der Waals surface area contributed by atoms with E-state index in [-0.39, 0.29) is 0 Å². The van der Waals surface area contributed by atoms with Crippen molar-refractivity contribution in [2.45, 2.75) is 114 Å². The van der Waals surface area contributed by atoms with E-state index in [0.29, 0.717) is 0 Å². The molecule has 8 atom stereocenters. The fourth-order valence-electron chi connectivity index (χ4n) is 9.43. The van der Waals surface area contributed by atoms with Gasteiger partial charge in [0.05, 0.1) is 8.07 Å². The van der Waals surface area contributed by atoms with Crippen LogP contribution in [0.5, 0.6) is 0 Å². The van der Waals surface area contributed by atoms with Gasteiger partial charge in [0.2, 0.25) is 0 Å². The number of fused-ring (bicyclic) bond motifs is 5. The molecule has 4 aliphatic carbocycles. The predicted molar refractivity (Wildman–Crippen MR) is 119 cm³/mol. The highest BCUT2D eigenvalue weighted by Gasteiger charge is 2.62. The van der Waals surface area contributed by atoms with E-state index in [1.54, 1.807) is 38.1 Å². The van der Waals surface area contributed by atoms with Crippen LogP contribution in [0.4, 0.5) is 0 Å². The molecule has 5 rings (SSSR count). The van der Waals surface area contributed by atoms with Crippen molar-refractivity contribution in [2.75, 3.05) is 7.05 Å². The number of hydrogen-bond acceptors (Lipinski definition) is 1. The molecule has 27 heavy (non-hydrogen) atoms. The van der Waals surface area contributed by atoms with Gasteiger partial charge in [-0.2, -0.15) is 0 Å². The second-order valence-electron chi connectivity index (χ2n) is 12.3. The van der Waals surface area contributed by atoms with Crippen molar-refractivity contribution in [1.29, 1.82) is 0 Å². The van der Waals surface area contributed by atoms with E-state index in [9.17, 15) is 0 Å². The molecule has 1 saturated heterocycles. The van der Waals surface area contributed by atoms with Crippen LogP contribution in [-0.2, 0) is 0 Å². The molecule has 0 amide bonds. The molecule has 154 valence electrons. The van der Waals surface area contributed by atoms with Crippen LogP contribution < -0.4 is 0 Å². The van der Waals surface area contributed by atoms with Crippen LogP contribution in [-0.4, -0.2) is 32.1 Å². The molecule has 0 aromatic heterocycles. The van der Waals surface area contributed by atoms with Crippen molar-refractivity contribution in [3.8, 4) is 0 Å². The summed E-state index contributed by atoms with van der Waals surface area (Å²) in [6.45, 7) is 8.15. The van der Waals surface area contributed by atoms with Gasteiger partial charge in [0, 0.05) is 12.1 Å². The molecule has 0 N–H and O–H groups in total. The fraction of sp³-hybridized carbons (Fsp3) is 1.00. The van der Waals surface area contributed by atoms with E-state index in [2.05, 4.69) is 32.0 Å². The van der Waals surface area contributed by atoms with Gasteiger partial charge >= 0.3 is 0 Å². The molecule has 1 aliphatic heterocycles. The molecule has 0 radical (unpaired) electrons. The number of rotatable bonds is 3. The second kappa shape index (κ2) is 7.15.